The van der Waals surface area contributed by atoms with Crippen LogP contribution in [0.2, 0.25) is 0 Å². The number of benzene rings is 1. The molecule has 128 valence electrons. The number of nitrogens with zero attached hydrogens (tertiary/aromatic N) is 2. The lowest BCUT2D eigenvalue weighted by Gasteiger charge is -2.19. The van der Waals surface area contributed by atoms with E-state index in [2.05, 4.69) is 44.7 Å². The lowest BCUT2D eigenvalue weighted by atomic mass is 10.1. The number of hydrogen-bond donors (Lipinski definition) is 2. The molecule has 0 unspecified atom stereocenters. The Bertz CT molecular complexity index is 580. The Balaban J connectivity index is 0.000000615. The van der Waals surface area contributed by atoms with E-state index < -0.39 is 0 Å². The van der Waals surface area contributed by atoms with Gasteiger partial charge in [0.05, 0.1) is 18.6 Å². The number of aromatic nitrogens is 2. The van der Waals surface area contributed by atoms with E-state index in [4.69, 9.17) is 0 Å². The molecule has 1 aliphatic heterocycles. The summed E-state index contributed by atoms with van der Waals surface area (Å²) < 4.78 is 3.30. The zero-order valence-electron chi connectivity index (χ0n) is 15.2. The van der Waals surface area contributed by atoms with E-state index in [1.807, 2.05) is 34.0 Å². The van der Waals surface area contributed by atoms with Crippen LogP contribution in [-0.2, 0) is 13.0 Å². The van der Waals surface area contributed by atoms with Gasteiger partial charge >= 0.3 is 0 Å². The molecule has 0 atom stereocenters. The average molecular weight is 335 g/mol. The van der Waals surface area contributed by atoms with Crippen LogP contribution in [0, 0.1) is 6.92 Å². The molecule has 1 aromatic carbocycles. The summed E-state index contributed by atoms with van der Waals surface area (Å²) in [5, 5.41) is 0. The number of hydrogen-bond acceptors (Lipinski definition) is 4. The highest BCUT2D eigenvalue weighted by Gasteiger charge is 2.20. The minimum absolute atomic E-state index is 0.880. The molecule has 0 fully saturated rings. The van der Waals surface area contributed by atoms with E-state index in [-0.39, 0.29) is 0 Å². The first-order valence-corrected chi connectivity index (χ1v) is 9.66. The zero-order valence-corrected chi connectivity index (χ0v) is 16.0. The van der Waals surface area contributed by atoms with Crippen molar-refractivity contribution in [3.05, 3.63) is 41.5 Å². The van der Waals surface area contributed by atoms with Crippen molar-refractivity contribution in [1.29, 1.82) is 0 Å². The third kappa shape index (κ3) is 4.93. The molecular formula is C18H30N4S. The van der Waals surface area contributed by atoms with Crippen LogP contribution >= 0.6 is 11.9 Å². The summed E-state index contributed by atoms with van der Waals surface area (Å²) in [5.74, 6) is 0. The molecule has 2 aromatic rings. The molecule has 2 N–H and O–H groups in total. The Kier molecular flexibility index (Phi) is 8.62. The van der Waals surface area contributed by atoms with Crippen LogP contribution in [-0.4, -0.2) is 22.8 Å². The van der Waals surface area contributed by atoms with Gasteiger partial charge in [0.1, 0.15) is 0 Å². The van der Waals surface area contributed by atoms with Crippen molar-refractivity contribution in [3.63, 3.8) is 0 Å². The van der Waals surface area contributed by atoms with Gasteiger partial charge in [-0.15, -0.1) is 0 Å². The van der Waals surface area contributed by atoms with Gasteiger partial charge in [-0.05, 0) is 31.0 Å². The summed E-state index contributed by atoms with van der Waals surface area (Å²) in [6, 6.07) is 6.62. The molecule has 3 rings (SSSR count). The highest BCUT2D eigenvalue weighted by atomic mass is 32.2. The fourth-order valence-electron chi connectivity index (χ4n) is 2.52. The first-order chi connectivity index (χ1) is 11.3. The van der Waals surface area contributed by atoms with Gasteiger partial charge in [0, 0.05) is 29.9 Å². The number of nitrogens with one attached hydrogen (secondary N) is 2. The molecule has 0 saturated carbocycles. The van der Waals surface area contributed by atoms with Gasteiger partial charge in [0.15, 0.2) is 0 Å². The van der Waals surface area contributed by atoms with Gasteiger partial charge < -0.3 is 14.6 Å². The van der Waals surface area contributed by atoms with Gasteiger partial charge in [-0.1, -0.05) is 45.7 Å². The molecule has 0 saturated heterocycles. The Labute approximate surface area is 145 Å². The van der Waals surface area contributed by atoms with Crippen LogP contribution in [0.4, 0.5) is 11.4 Å². The number of aryl methyl sites for hydroxylation is 1. The summed E-state index contributed by atoms with van der Waals surface area (Å²) >= 11 is 1.62. The average Bonchev–Trinajstić information content (AvgIpc) is 3.19. The summed E-state index contributed by atoms with van der Waals surface area (Å²) in [7, 11) is 0. The second-order valence-electron chi connectivity index (χ2n) is 4.80. The van der Waals surface area contributed by atoms with Crippen LogP contribution < -0.4 is 9.62 Å². The molecule has 1 aliphatic rings. The Morgan fingerprint density at radius 1 is 1.26 bits per heavy atom. The van der Waals surface area contributed by atoms with E-state index in [1.165, 1.54) is 11.3 Å². The largest absolute Gasteiger partial charge is 0.365 e. The Hall–Kier alpha value is -1.62. The van der Waals surface area contributed by atoms with E-state index >= 15 is 0 Å². The summed E-state index contributed by atoms with van der Waals surface area (Å²) in [6.07, 6.45) is 4.93. The van der Waals surface area contributed by atoms with Crippen molar-refractivity contribution in [2.24, 2.45) is 0 Å². The van der Waals surface area contributed by atoms with Crippen molar-refractivity contribution in [1.82, 2.24) is 9.97 Å². The predicted molar refractivity (Wildman–Crippen MR) is 104 cm³/mol. The smallest absolute Gasteiger partial charge is 0.0925 e. The van der Waals surface area contributed by atoms with Crippen molar-refractivity contribution in [3.8, 4) is 0 Å². The molecule has 0 bridgehead atoms. The number of rotatable bonds is 4. The van der Waals surface area contributed by atoms with Gasteiger partial charge in [-0.25, -0.2) is 4.98 Å². The van der Waals surface area contributed by atoms with Gasteiger partial charge in [0.2, 0.25) is 0 Å². The molecule has 0 radical (unpaired) electrons. The third-order valence-corrected chi connectivity index (χ3v) is 4.01. The number of anilines is 2. The molecule has 1 aromatic heterocycles. The summed E-state index contributed by atoms with van der Waals surface area (Å²) in [5.41, 5.74) is 6.22. The number of fused-ring (bicyclic) bond motifs is 1. The fraction of sp³-hybridized carbons (Fsp3) is 0.500. The molecule has 0 amide bonds. The van der Waals surface area contributed by atoms with E-state index in [0.717, 1.165) is 36.6 Å². The molecule has 4 nitrogen and oxygen atoms in total. The normalized spacial score (nSPS) is 11.8. The van der Waals surface area contributed by atoms with Gasteiger partial charge in [0.25, 0.3) is 0 Å². The van der Waals surface area contributed by atoms with E-state index in [9.17, 15) is 0 Å². The van der Waals surface area contributed by atoms with Gasteiger partial charge in [-0.3, -0.25) is 0 Å². The first-order valence-electron chi connectivity index (χ1n) is 8.43. The van der Waals surface area contributed by atoms with Crippen LogP contribution in [0.5, 0.6) is 0 Å². The molecule has 0 aliphatic carbocycles. The maximum atomic E-state index is 4.39. The van der Waals surface area contributed by atoms with Crippen LogP contribution in [0.3, 0.4) is 0 Å². The standard InChI is InChI=1S/C14H18N4S.2C2H6/c1-10-13(16-9-15-10)8-18-6-5-11-3-4-12(17-19-2)7-14(11)18;2*1-2/h3-4,7,9,17H,5-6,8H2,1-2H3,(H,15,16);2*1-2H3. The molecular weight excluding hydrogens is 304 g/mol. The number of imidazole rings is 1. The number of aromatic amines is 1. The topological polar surface area (TPSA) is 44.0 Å². The molecule has 0 spiro atoms. The second kappa shape index (κ2) is 10.2. The second-order valence-corrected chi connectivity index (χ2v) is 5.41. The predicted octanol–water partition coefficient (Wildman–Crippen LogP) is 5.02. The minimum atomic E-state index is 0.880. The van der Waals surface area contributed by atoms with Crippen molar-refractivity contribution < 1.29 is 0 Å². The van der Waals surface area contributed by atoms with E-state index in [0.29, 0.717) is 0 Å². The molecule has 2 heterocycles. The number of H-pyrrole nitrogens is 1. The highest BCUT2D eigenvalue weighted by molar-refractivity contribution is 7.99. The quantitative estimate of drug-likeness (QED) is 0.770. The first kappa shape index (κ1) is 19.4. The lowest BCUT2D eigenvalue weighted by Crippen LogP contribution is -2.20. The third-order valence-electron chi connectivity index (χ3n) is 3.57. The van der Waals surface area contributed by atoms with Crippen LogP contribution in [0.1, 0.15) is 44.6 Å². The van der Waals surface area contributed by atoms with Crippen molar-refractivity contribution >= 4 is 23.3 Å². The Morgan fingerprint density at radius 2 is 2.00 bits per heavy atom. The highest BCUT2D eigenvalue weighted by Crippen LogP contribution is 2.32. The molecule has 5 heteroatoms. The van der Waals surface area contributed by atoms with Crippen molar-refractivity contribution in [2.75, 3.05) is 22.4 Å². The maximum Gasteiger partial charge on any atom is 0.0925 e. The van der Waals surface area contributed by atoms with Gasteiger partial charge in [-0.2, -0.15) is 0 Å². The lowest BCUT2D eigenvalue weighted by molar-refractivity contribution is 0.814. The molecule has 23 heavy (non-hydrogen) atoms. The minimum Gasteiger partial charge on any atom is -0.365 e. The summed E-state index contributed by atoms with van der Waals surface area (Å²) in [4.78, 5) is 9.95. The summed E-state index contributed by atoms with van der Waals surface area (Å²) in [6.45, 7) is 12.0. The van der Waals surface area contributed by atoms with Crippen molar-refractivity contribution in [2.45, 2.75) is 47.6 Å². The zero-order chi connectivity index (χ0) is 17.2. The monoisotopic (exact) mass is 334 g/mol. The maximum absolute atomic E-state index is 4.39. The van der Waals surface area contributed by atoms with E-state index in [1.54, 1.807) is 18.3 Å². The Morgan fingerprint density at radius 3 is 2.61 bits per heavy atom. The van der Waals surface area contributed by atoms with Crippen LogP contribution in [0.15, 0.2) is 24.5 Å². The van der Waals surface area contributed by atoms with Crippen LogP contribution in [0.25, 0.3) is 0 Å². The SMILES string of the molecule is CC.CC.CSNc1ccc2c(c1)N(Cc1nc[nH]c1C)CC2. The fourth-order valence-corrected chi connectivity index (χ4v) is 2.88.